The van der Waals surface area contributed by atoms with Crippen molar-refractivity contribution >= 4 is 32.4 Å². The van der Waals surface area contributed by atoms with E-state index < -0.39 is 10.0 Å². The van der Waals surface area contributed by atoms with Gasteiger partial charge in [-0.1, -0.05) is 43.2 Å². The van der Waals surface area contributed by atoms with E-state index in [0.29, 0.717) is 22.4 Å². The number of nitriles is 1. The van der Waals surface area contributed by atoms with Crippen LogP contribution in [0, 0.1) is 17.2 Å². The maximum absolute atomic E-state index is 12.7. The number of anilines is 2. The summed E-state index contributed by atoms with van der Waals surface area (Å²) in [5.41, 5.74) is 1.84. The lowest BCUT2D eigenvalue weighted by atomic mass is 9.85. The molecular weight excluding hydrogens is 476 g/mol. The molecule has 184 valence electrons. The monoisotopic (exact) mass is 502 g/mol. The molecule has 2 atom stereocenters. The van der Waals surface area contributed by atoms with Gasteiger partial charge in [0.15, 0.2) is 5.82 Å². The molecule has 5 rings (SSSR count). The van der Waals surface area contributed by atoms with E-state index in [1.807, 2.05) is 30.3 Å². The fourth-order valence-corrected chi connectivity index (χ4v) is 5.72. The quantitative estimate of drug-likeness (QED) is 0.347. The molecule has 1 aliphatic carbocycles. The third-order valence-electron chi connectivity index (χ3n) is 6.58. The summed E-state index contributed by atoms with van der Waals surface area (Å²) in [4.78, 5) is 15.5. The lowest BCUT2D eigenvalue weighted by molar-refractivity contribution is 0.277. The van der Waals surface area contributed by atoms with Crippen LogP contribution in [0.3, 0.4) is 0 Å². The number of fused-ring (bicyclic) bond motifs is 1. The van der Waals surface area contributed by atoms with Crippen LogP contribution in [0.15, 0.2) is 76.6 Å². The Labute approximate surface area is 208 Å². The number of rotatable bonds is 7. The molecule has 10 heteroatoms. The summed E-state index contributed by atoms with van der Waals surface area (Å²) >= 11 is 0. The molecule has 0 aliphatic heterocycles. The summed E-state index contributed by atoms with van der Waals surface area (Å²) in [5, 5.41) is 17.9. The minimum Gasteiger partial charge on any atom is -0.338 e. The van der Waals surface area contributed by atoms with Crippen LogP contribution in [0.2, 0.25) is 0 Å². The van der Waals surface area contributed by atoms with Gasteiger partial charge in [-0.2, -0.15) is 10.4 Å². The second-order valence-corrected chi connectivity index (χ2v) is 10.7. The van der Waals surface area contributed by atoms with Gasteiger partial charge < -0.3 is 10.3 Å². The summed E-state index contributed by atoms with van der Waals surface area (Å²) in [5.74, 6) is 0.203. The highest BCUT2D eigenvalue weighted by Gasteiger charge is 2.29. The predicted octanol–water partition coefficient (Wildman–Crippen LogP) is 4.20. The average molecular weight is 503 g/mol. The second-order valence-electron chi connectivity index (χ2n) is 8.91. The number of pyridine rings is 1. The Morgan fingerprint density at radius 2 is 1.81 bits per heavy atom. The predicted molar refractivity (Wildman–Crippen MR) is 137 cm³/mol. The summed E-state index contributed by atoms with van der Waals surface area (Å²) in [7, 11) is -3.69. The van der Waals surface area contributed by atoms with Crippen LogP contribution < -0.4 is 15.6 Å². The summed E-state index contributed by atoms with van der Waals surface area (Å²) in [6.07, 6.45) is 5.23. The number of sulfonamides is 1. The molecule has 2 unspecified atom stereocenters. The van der Waals surface area contributed by atoms with E-state index in [9.17, 15) is 18.5 Å². The smallest absolute Gasteiger partial charge is 0.261 e. The lowest BCUT2D eigenvalue weighted by Crippen LogP contribution is -2.23. The van der Waals surface area contributed by atoms with E-state index >= 15 is 0 Å². The van der Waals surface area contributed by atoms with E-state index in [0.717, 1.165) is 31.2 Å². The van der Waals surface area contributed by atoms with Gasteiger partial charge in [0.05, 0.1) is 28.4 Å². The van der Waals surface area contributed by atoms with Gasteiger partial charge in [0.2, 0.25) is 10.0 Å². The number of hydrogen-bond acceptors (Lipinski definition) is 6. The SMILES string of the molecule is N#CC1CCCCC1n1nc(Nc2ccc(S(=O)(=O)NCc3ccccc3)cc2)c2c(=O)[nH]ccc21. The average Bonchev–Trinajstić information content (AvgIpc) is 3.27. The molecule has 0 saturated heterocycles. The van der Waals surface area contributed by atoms with Crippen LogP contribution in [-0.4, -0.2) is 23.2 Å². The second kappa shape index (κ2) is 9.97. The van der Waals surface area contributed by atoms with Gasteiger partial charge in [0.1, 0.15) is 5.39 Å². The molecule has 0 bridgehead atoms. The molecule has 0 amide bonds. The molecule has 1 saturated carbocycles. The van der Waals surface area contributed by atoms with E-state index in [-0.39, 0.29) is 29.0 Å². The van der Waals surface area contributed by atoms with Crippen molar-refractivity contribution in [3.05, 3.63) is 82.8 Å². The highest BCUT2D eigenvalue weighted by atomic mass is 32.2. The highest BCUT2D eigenvalue weighted by Crippen LogP contribution is 2.36. The zero-order valence-electron chi connectivity index (χ0n) is 19.5. The number of aromatic amines is 1. The molecule has 2 aromatic carbocycles. The van der Waals surface area contributed by atoms with Crippen molar-refractivity contribution in [3.63, 3.8) is 0 Å². The molecule has 1 fully saturated rings. The highest BCUT2D eigenvalue weighted by molar-refractivity contribution is 7.89. The maximum atomic E-state index is 12.7. The zero-order valence-corrected chi connectivity index (χ0v) is 20.3. The first-order valence-corrected chi connectivity index (χ1v) is 13.3. The van der Waals surface area contributed by atoms with Gasteiger partial charge in [-0.25, -0.2) is 13.1 Å². The van der Waals surface area contributed by atoms with E-state index in [2.05, 4.69) is 21.1 Å². The number of aromatic nitrogens is 3. The van der Waals surface area contributed by atoms with Gasteiger partial charge >= 0.3 is 0 Å². The number of H-pyrrole nitrogens is 1. The van der Waals surface area contributed by atoms with Crippen molar-refractivity contribution in [3.8, 4) is 6.07 Å². The summed E-state index contributed by atoms with van der Waals surface area (Å²) in [6.45, 7) is 0.195. The molecular formula is C26H26N6O3S. The Bertz CT molecular complexity index is 1570. The van der Waals surface area contributed by atoms with Crippen LogP contribution in [0.4, 0.5) is 11.5 Å². The normalized spacial score (nSPS) is 18.1. The lowest BCUT2D eigenvalue weighted by Gasteiger charge is -2.27. The third kappa shape index (κ3) is 4.76. The van der Waals surface area contributed by atoms with E-state index in [4.69, 9.17) is 5.10 Å². The fourth-order valence-electron chi connectivity index (χ4n) is 4.71. The first kappa shape index (κ1) is 23.8. The van der Waals surface area contributed by atoms with Crippen molar-refractivity contribution in [2.45, 2.75) is 43.2 Å². The fraction of sp³-hybridized carbons (Fsp3) is 0.269. The third-order valence-corrected chi connectivity index (χ3v) is 7.99. The topological polar surface area (TPSA) is 133 Å². The largest absolute Gasteiger partial charge is 0.338 e. The molecule has 0 radical (unpaired) electrons. The molecule has 2 heterocycles. The van der Waals surface area contributed by atoms with Gasteiger partial charge in [-0.15, -0.1) is 0 Å². The molecule has 2 aromatic heterocycles. The molecule has 0 spiro atoms. The Hall–Kier alpha value is -3.94. The van der Waals surface area contributed by atoms with Crippen LogP contribution in [-0.2, 0) is 16.6 Å². The zero-order chi connectivity index (χ0) is 25.1. The molecule has 3 N–H and O–H groups in total. The van der Waals surface area contributed by atoms with Crippen molar-refractivity contribution in [2.75, 3.05) is 5.32 Å². The standard InChI is InChI=1S/C26H26N6O3S/c27-16-19-8-4-5-9-22(19)32-23-14-15-28-26(33)24(23)25(31-32)30-20-10-12-21(13-11-20)36(34,35)29-17-18-6-2-1-3-7-18/h1-3,6-7,10-15,19,22,29H,4-5,8-9,17H2,(H,28,33)(H,30,31). The Balaban J connectivity index is 1.40. The number of benzene rings is 2. The van der Waals surface area contributed by atoms with Crippen molar-refractivity contribution in [1.29, 1.82) is 5.26 Å². The van der Waals surface area contributed by atoms with E-state index in [1.54, 1.807) is 29.1 Å². The number of hydrogen-bond donors (Lipinski definition) is 3. The molecule has 36 heavy (non-hydrogen) atoms. The van der Waals surface area contributed by atoms with Crippen molar-refractivity contribution in [1.82, 2.24) is 19.5 Å². The molecule has 4 aromatic rings. The molecule has 1 aliphatic rings. The summed E-state index contributed by atoms with van der Waals surface area (Å²) in [6, 6.07) is 19.7. The van der Waals surface area contributed by atoms with Crippen molar-refractivity contribution in [2.24, 2.45) is 5.92 Å². The Morgan fingerprint density at radius 3 is 2.56 bits per heavy atom. The summed E-state index contributed by atoms with van der Waals surface area (Å²) < 4.78 is 29.8. The Morgan fingerprint density at radius 1 is 1.06 bits per heavy atom. The van der Waals surface area contributed by atoms with Gasteiger partial charge in [-0.05, 0) is 48.7 Å². The maximum Gasteiger partial charge on any atom is 0.261 e. The minimum atomic E-state index is -3.69. The number of nitrogens with one attached hydrogen (secondary N) is 3. The van der Waals surface area contributed by atoms with Crippen LogP contribution >= 0.6 is 0 Å². The molecule has 9 nitrogen and oxygen atoms in total. The Kier molecular flexibility index (Phi) is 6.59. The van der Waals surface area contributed by atoms with Gasteiger partial charge in [0.25, 0.3) is 5.56 Å². The first-order chi connectivity index (χ1) is 17.5. The van der Waals surface area contributed by atoms with Gasteiger partial charge in [-0.3, -0.25) is 9.48 Å². The van der Waals surface area contributed by atoms with Gasteiger partial charge in [0, 0.05) is 18.4 Å². The van der Waals surface area contributed by atoms with E-state index in [1.165, 1.54) is 12.1 Å². The van der Waals surface area contributed by atoms with Crippen molar-refractivity contribution < 1.29 is 8.42 Å². The van der Waals surface area contributed by atoms with Crippen LogP contribution in [0.1, 0.15) is 37.3 Å². The number of nitrogens with zero attached hydrogens (tertiary/aromatic N) is 3. The minimum absolute atomic E-state index is 0.105. The first-order valence-electron chi connectivity index (χ1n) is 11.9. The van der Waals surface area contributed by atoms with Crippen LogP contribution in [0.25, 0.3) is 10.9 Å². The van der Waals surface area contributed by atoms with Crippen LogP contribution in [0.5, 0.6) is 0 Å².